The number of halogens is 1. The Hall–Kier alpha value is -1.44. The minimum absolute atomic E-state index is 0.245. The monoisotopic (exact) mass is 341 g/mol. The molecule has 0 bridgehead atoms. The number of benzene rings is 1. The van der Waals surface area contributed by atoms with Crippen LogP contribution in [0.1, 0.15) is 5.89 Å². The lowest BCUT2D eigenvalue weighted by Gasteiger charge is -2.13. The van der Waals surface area contributed by atoms with Crippen molar-refractivity contribution in [3.05, 3.63) is 41.0 Å². The first-order chi connectivity index (χ1) is 9.74. The summed E-state index contributed by atoms with van der Waals surface area (Å²) in [6.45, 7) is 1.36. The van der Waals surface area contributed by atoms with Crippen LogP contribution in [0.15, 0.2) is 39.6 Å². The van der Waals surface area contributed by atoms with Gasteiger partial charge in [-0.15, -0.1) is 0 Å². The number of nitrogens with zero attached hydrogens (tertiary/aromatic N) is 2. The smallest absolute Gasteiger partial charge is 0.227 e. The highest BCUT2D eigenvalue weighted by Gasteiger charge is 2.05. The largest absolute Gasteiger partial charge is 0.491 e. The highest BCUT2D eigenvalue weighted by atomic mass is 79.9. The van der Waals surface area contributed by atoms with Crippen molar-refractivity contribution in [2.45, 2.75) is 12.5 Å². The zero-order valence-corrected chi connectivity index (χ0v) is 12.4. The molecule has 1 heterocycles. The van der Waals surface area contributed by atoms with Gasteiger partial charge in [0.2, 0.25) is 5.89 Å². The van der Waals surface area contributed by atoms with E-state index in [4.69, 9.17) is 9.26 Å². The van der Waals surface area contributed by atoms with Crippen LogP contribution in [0.2, 0.25) is 0 Å². The van der Waals surface area contributed by atoms with Crippen molar-refractivity contribution in [3.8, 4) is 5.75 Å². The van der Waals surface area contributed by atoms with E-state index in [1.807, 2.05) is 24.3 Å². The Bertz CT molecular complexity index is 490. The summed E-state index contributed by atoms with van der Waals surface area (Å²) in [6, 6.07) is 7.48. The molecule has 1 atom stereocenters. The first-order valence-corrected chi connectivity index (χ1v) is 7.06. The molecule has 7 heteroatoms. The van der Waals surface area contributed by atoms with Gasteiger partial charge in [-0.2, -0.15) is 4.98 Å². The summed E-state index contributed by atoms with van der Waals surface area (Å²) in [4.78, 5) is 3.91. The van der Waals surface area contributed by atoms with Crippen molar-refractivity contribution >= 4 is 15.9 Å². The third-order valence-electron chi connectivity index (χ3n) is 2.56. The van der Waals surface area contributed by atoms with Crippen LogP contribution in [-0.2, 0) is 6.42 Å². The van der Waals surface area contributed by atoms with E-state index in [1.54, 1.807) is 0 Å². The molecular weight excluding hydrogens is 326 g/mol. The van der Waals surface area contributed by atoms with Crippen LogP contribution in [-0.4, -0.2) is 41.0 Å². The Morgan fingerprint density at radius 1 is 1.35 bits per heavy atom. The number of aliphatic hydroxyl groups is 1. The summed E-state index contributed by atoms with van der Waals surface area (Å²) >= 11 is 3.35. The van der Waals surface area contributed by atoms with Gasteiger partial charge >= 0.3 is 0 Å². The van der Waals surface area contributed by atoms with Crippen LogP contribution in [0, 0.1) is 0 Å². The molecule has 0 aliphatic carbocycles. The molecule has 1 aromatic heterocycles. The number of aromatic nitrogens is 2. The van der Waals surface area contributed by atoms with E-state index >= 15 is 0 Å². The molecule has 0 amide bonds. The maximum atomic E-state index is 9.77. The molecule has 0 spiro atoms. The standard InChI is InChI=1S/C13H16BrN3O3/c14-10-1-3-12(4-2-10)19-8-11(18)7-15-6-5-13-16-9-17-20-13/h1-4,9,11,15,18H,5-8H2. The van der Waals surface area contributed by atoms with E-state index in [0.717, 1.165) is 10.2 Å². The van der Waals surface area contributed by atoms with Crippen molar-refractivity contribution in [2.75, 3.05) is 19.7 Å². The molecule has 20 heavy (non-hydrogen) atoms. The third kappa shape index (κ3) is 5.28. The Balaban J connectivity index is 1.58. The zero-order chi connectivity index (χ0) is 14.2. The topological polar surface area (TPSA) is 80.4 Å². The molecular formula is C13H16BrN3O3. The van der Waals surface area contributed by atoms with Crippen LogP contribution in [0.3, 0.4) is 0 Å². The van der Waals surface area contributed by atoms with Gasteiger partial charge in [-0.1, -0.05) is 21.1 Å². The van der Waals surface area contributed by atoms with Crippen LogP contribution in [0.4, 0.5) is 0 Å². The average molecular weight is 342 g/mol. The normalized spacial score (nSPS) is 12.3. The van der Waals surface area contributed by atoms with Crippen molar-refractivity contribution in [3.63, 3.8) is 0 Å². The first kappa shape index (κ1) is 15.0. The highest BCUT2D eigenvalue weighted by Crippen LogP contribution is 2.16. The van der Waals surface area contributed by atoms with E-state index in [1.165, 1.54) is 6.33 Å². The molecule has 1 unspecified atom stereocenters. The lowest BCUT2D eigenvalue weighted by Crippen LogP contribution is -2.32. The molecule has 2 aromatic rings. The molecule has 6 nitrogen and oxygen atoms in total. The molecule has 0 radical (unpaired) electrons. The van der Waals surface area contributed by atoms with E-state index in [0.29, 0.717) is 25.4 Å². The summed E-state index contributed by atoms with van der Waals surface area (Å²) in [5.41, 5.74) is 0. The predicted molar refractivity (Wildman–Crippen MR) is 76.5 cm³/mol. The van der Waals surface area contributed by atoms with Gasteiger partial charge in [0.05, 0.1) is 0 Å². The van der Waals surface area contributed by atoms with Gasteiger partial charge in [0, 0.05) is 24.0 Å². The van der Waals surface area contributed by atoms with Crippen LogP contribution < -0.4 is 10.1 Å². The molecule has 0 aliphatic heterocycles. The lowest BCUT2D eigenvalue weighted by atomic mass is 10.3. The maximum absolute atomic E-state index is 9.77. The molecule has 2 rings (SSSR count). The summed E-state index contributed by atoms with van der Waals surface area (Å²) in [5.74, 6) is 1.32. The van der Waals surface area contributed by atoms with Gasteiger partial charge in [-0.25, -0.2) is 0 Å². The van der Waals surface area contributed by atoms with Crippen LogP contribution >= 0.6 is 15.9 Å². The fourth-order valence-electron chi connectivity index (χ4n) is 1.55. The fourth-order valence-corrected chi connectivity index (χ4v) is 1.82. The SMILES string of the molecule is OC(CNCCc1ncno1)COc1ccc(Br)cc1. The lowest BCUT2D eigenvalue weighted by molar-refractivity contribution is 0.106. The number of hydrogen-bond acceptors (Lipinski definition) is 6. The van der Waals surface area contributed by atoms with Gasteiger partial charge in [-0.05, 0) is 24.3 Å². The third-order valence-corrected chi connectivity index (χ3v) is 3.09. The maximum Gasteiger partial charge on any atom is 0.227 e. The Morgan fingerprint density at radius 2 is 2.15 bits per heavy atom. The Labute approximate surface area is 125 Å². The van der Waals surface area contributed by atoms with Crippen molar-refractivity contribution in [1.29, 1.82) is 0 Å². The second-order valence-corrected chi connectivity index (χ2v) is 5.12. The van der Waals surface area contributed by atoms with E-state index in [-0.39, 0.29) is 6.61 Å². The number of ether oxygens (including phenoxy) is 1. The minimum Gasteiger partial charge on any atom is -0.491 e. The summed E-state index contributed by atoms with van der Waals surface area (Å²) in [6.07, 6.45) is 1.44. The number of hydrogen-bond donors (Lipinski definition) is 2. The molecule has 2 N–H and O–H groups in total. The average Bonchev–Trinajstić information content (AvgIpc) is 2.96. The Kier molecular flexibility index (Phi) is 5.97. The predicted octanol–water partition coefficient (Wildman–Crippen LogP) is 1.40. The van der Waals surface area contributed by atoms with Crippen molar-refractivity contribution in [2.24, 2.45) is 0 Å². The summed E-state index contributed by atoms with van der Waals surface area (Å²) in [5, 5.41) is 16.4. The fraction of sp³-hybridized carbons (Fsp3) is 0.385. The summed E-state index contributed by atoms with van der Waals surface area (Å²) < 4.78 is 11.3. The second-order valence-electron chi connectivity index (χ2n) is 4.21. The van der Waals surface area contributed by atoms with E-state index < -0.39 is 6.10 Å². The second kappa shape index (κ2) is 7.98. The number of rotatable bonds is 8. The molecule has 0 saturated heterocycles. The highest BCUT2D eigenvalue weighted by molar-refractivity contribution is 9.10. The van der Waals surface area contributed by atoms with Crippen molar-refractivity contribution in [1.82, 2.24) is 15.5 Å². The van der Waals surface area contributed by atoms with Crippen molar-refractivity contribution < 1.29 is 14.4 Å². The van der Waals surface area contributed by atoms with Crippen LogP contribution in [0.5, 0.6) is 5.75 Å². The summed E-state index contributed by atoms with van der Waals surface area (Å²) in [7, 11) is 0. The quantitative estimate of drug-likeness (QED) is 0.706. The van der Waals surface area contributed by atoms with Gasteiger partial charge in [0.1, 0.15) is 18.5 Å². The first-order valence-electron chi connectivity index (χ1n) is 6.27. The molecule has 0 saturated carbocycles. The molecule has 0 aliphatic rings. The van der Waals surface area contributed by atoms with Gasteiger partial charge in [0.25, 0.3) is 0 Å². The van der Waals surface area contributed by atoms with Gasteiger partial charge in [0.15, 0.2) is 6.33 Å². The van der Waals surface area contributed by atoms with E-state index in [2.05, 4.69) is 31.4 Å². The molecule has 108 valence electrons. The number of aliphatic hydroxyl groups excluding tert-OH is 1. The van der Waals surface area contributed by atoms with Gasteiger partial charge < -0.3 is 19.7 Å². The Morgan fingerprint density at radius 3 is 2.85 bits per heavy atom. The zero-order valence-electron chi connectivity index (χ0n) is 10.8. The molecule has 0 fully saturated rings. The minimum atomic E-state index is -0.568. The van der Waals surface area contributed by atoms with E-state index in [9.17, 15) is 5.11 Å². The molecule has 1 aromatic carbocycles. The van der Waals surface area contributed by atoms with Gasteiger partial charge in [-0.3, -0.25) is 0 Å². The van der Waals surface area contributed by atoms with Crippen LogP contribution in [0.25, 0.3) is 0 Å². The number of nitrogens with one attached hydrogen (secondary N) is 1.